The van der Waals surface area contributed by atoms with Crippen LogP contribution >= 0.6 is 11.6 Å². The number of hydrogen-bond donors (Lipinski definition) is 2. The molecule has 6 nitrogen and oxygen atoms in total. The van der Waals surface area contributed by atoms with E-state index >= 15 is 0 Å². The van der Waals surface area contributed by atoms with Gasteiger partial charge in [-0.15, -0.1) is 0 Å². The van der Waals surface area contributed by atoms with Gasteiger partial charge in [-0.05, 0) is 37.1 Å². The Labute approximate surface area is 148 Å². The third kappa shape index (κ3) is 7.05. The summed E-state index contributed by atoms with van der Waals surface area (Å²) in [6.07, 6.45) is 1.75. The number of morpholine rings is 1. The van der Waals surface area contributed by atoms with Gasteiger partial charge in [0.15, 0.2) is 0 Å². The Bertz CT molecular complexity index is 522. The molecule has 7 heteroatoms. The Morgan fingerprint density at radius 2 is 2.17 bits per heavy atom. The lowest BCUT2D eigenvalue weighted by Gasteiger charge is -2.26. The van der Waals surface area contributed by atoms with Crippen LogP contribution in [0.2, 0.25) is 5.02 Å². The fourth-order valence-electron chi connectivity index (χ4n) is 2.59. The highest BCUT2D eigenvalue weighted by molar-refractivity contribution is 6.30. The van der Waals surface area contributed by atoms with Crippen LogP contribution in [-0.2, 0) is 16.0 Å². The zero-order valence-corrected chi connectivity index (χ0v) is 14.7. The van der Waals surface area contributed by atoms with Gasteiger partial charge in [0, 0.05) is 24.7 Å². The molecule has 1 saturated heterocycles. The van der Waals surface area contributed by atoms with Gasteiger partial charge in [-0.1, -0.05) is 17.7 Å². The van der Waals surface area contributed by atoms with E-state index in [2.05, 4.69) is 10.2 Å². The van der Waals surface area contributed by atoms with Crippen LogP contribution in [0.1, 0.15) is 12.0 Å². The van der Waals surface area contributed by atoms with Crippen molar-refractivity contribution < 1.29 is 14.3 Å². The molecule has 134 valence electrons. The molecule has 0 spiro atoms. The van der Waals surface area contributed by atoms with Crippen LogP contribution in [0.25, 0.3) is 0 Å². The van der Waals surface area contributed by atoms with Gasteiger partial charge in [0.05, 0.1) is 19.8 Å². The molecule has 3 N–H and O–H groups in total. The number of carbonyl (C=O) groups is 1. The van der Waals surface area contributed by atoms with Crippen molar-refractivity contribution in [3.8, 4) is 5.75 Å². The predicted molar refractivity (Wildman–Crippen MR) is 94.6 cm³/mol. The molecule has 1 aromatic rings. The lowest BCUT2D eigenvalue weighted by molar-refractivity contribution is -0.117. The van der Waals surface area contributed by atoms with Crippen molar-refractivity contribution in [2.45, 2.75) is 12.8 Å². The second kappa shape index (κ2) is 10.5. The van der Waals surface area contributed by atoms with Crippen molar-refractivity contribution in [2.24, 2.45) is 5.73 Å². The molecule has 1 aromatic carbocycles. The first-order chi connectivity index (χ1) is 11.6. The molecule has 0 aliphatic carbocycles. The Morgan fingerprint density at radius 1 is 1.38 bits per heavy atom. The third-order valence-electron chi connectivity index (χ3n) is 3.90. The number of nitrogens with two attached hydrogens (primary N) is 1. The molecule has 0 aromatic heterocycles. The third-order valence-corrected chi connectivity index (χ3v) is 4.13. The summed E-state index contributed by atoms with van der Waals surface area (Å²) in [6, 6.07) is 5.75. The molecular formula is C17H26ClN3O3. The van der Waals surface area contributed by atoms with Crippen molar-refractivity contribution in [1.82, 2.24) is 10.2 Å². The molecule has 0 atom stereocenters. The van der Waals surface area contributed by atoms with E-state index < -0.39 is 0 Å². The monoisotopic (exact) mass is 355 g/mol. The average molecular weight is 356 g/mol. The first-order valence-electron chi connectivity index (χ1n) is 8.35. The van der Waals surface area contributed by atoms with E-state index in [0.29, 0.717) is 11.6 Å². The topological polar surface area (TPSA) is 76.8 Å². The molecule has 0 unspecified atom stereocenters. The van der Waals surface area contributed by atoms with E-state index in [1.807, 2.05) is 18.2 Å². The number of amides is 1. The largest absolute Gasteiger partial charge is 0.492 e. The normalized spacial score (nSPS) is 15.4. The summed E-state index contributed by atoms with van der Waals surface area (Å²) < 4.78 is 11.3. The Balaban J connectivity index is 1.77. The number of ether oxygens (including phenoxy) is 2. The van der Waals surface area contributed by atoms with Crippen LogP contribution in [0.4, 0.5) is 0 Å². The van der Waals surface area contributed by atoms with E-state index in [-0.39, 0.29) is 12.5 Å². The number of hydrogen-bond acceptors (Lipinski definition) is 5. The molecule has 0 radical (unpaired) electrons. The van der Waals surface area contributed by atoms with Crippen LogP contribution in [0.5, 0.6) is 5.75 Å². The Hall–Kier alpha value is -1.34. The van der Waals surface area contributed by atoms with Crippen LogP contribution in [0.15, 0.2) is 18.2 Å². The lowest BCUT2D eigenvalue weighted by atomic mass is 10.1. The predicted octanol–water partition coefficient (Wildman–Crippen LogP) is 1.06. The quantitative estimate of drug-likeness (QED) is 0.614. The van der Waals surface area contributed by atoms with Crippen LogP contribution in [0, 0.1) is 0 Å². The van der Waals surface area contributed by atoms with Crippen molar-refractivity contribution >= 4 is 17.5 Å². The van der Waals surface area contributed by atoms with Crippen molar-refractivity contribution in [3.05, 3.63) is 28.8 Å². The van der Waals surface area contributed by atoms with E-state index in [0.717, 1.165) is 63.5 Å². The standard InChI is InChI=1S/C17H26ClN3O3/c18-15-4-3-14(2-1-5-20-13-17(19)22)16(12-15)24-11-8-21-6-9-23-10-7-21/h3-4,12,20H,1-2,5-11,13H2,(H2,19,22). The van der Waals surface area contributed by atoms with Gasteiger partial charge in [0.2, 0.25) is 5.91 Å². The molecule has 24 heavy (non-hydrogen) atoms. The number of halogens is 1. The zero-order chi connectivity index (χ0) is 17.2. The number of benzene rings is 1. The highest BCUT2D eigenvalue weighted by Crippen LogP contribution is 2.24. The van der Waals surface area contributed by atoms with Crippen molar-refractivity contribution in [3.63, 3.8) is 0 Å². The van der Waals surface area contributed by atoms with Gasteiger partial charge < -0.3 is 20.5 Å². The first-order valence-corrected chi connectivity index (χ1v) is 8.73. The van der Waals surface area contributed by atoms with E-state index in [4.69, 9.17) is 26.8 Å². The van der Waals surface area contributed by atoms with Gasteiger partial charge in [-0.3, -0.25) is 9.69 Å². The fraction of sp³-hybridized carbons (Fsp3) is 0.588. The van der Waals surface area contributed by atoms with Gasteiger partial charge >= 0.3 is 0 Å². The van der Waals surface area contributed by atoms with Gasteiger partial charge in [0.25, 0.3) is 0 Å². The molecule has 1 fully saturated rings. The minimum absolute atomic E-state index is 0.212. The van der Waals surface area contributed by atoms with Crippen molar-refractivity contribution in [2.75, 3.05) is 52.5 Å². The van der Waals surface area contributed by atoms with E-state index in [1.54, 1.807) is 0 Å². The molecule has 1 aliphatic heterocycles. The molecule has 1 aliphatic rings. The highest BCUT2D eigenvalue weighted by Gasteiger charge is 2.11. The molecule has 2 rings (SSSR count). The Morgan fingerprint density at radius 3 is 2.92 bits per heavy atom. The number of nitrogens with zero attached hydrogens (tertiary/aromatic N) is 1. The SMILES string of the molecule is NC(=O)CNCCCc1ccc(Cl)cc1OCCN1CCOCC1. The minimum atomic E-state index is -0.339. The molecular weight excluding hydrogens is 330 g/mol. The maximum absolute atomic E-state index is 10.7. The summed E-state index contributed by atoms with van der Waals surface area (Å²) in [5.41, 5.74) is 6.22. The summed E-state index contributed by atoms with van der Waals surface area (Å²) in [7, 11) is 0. The van der Waals surface area contributed by atoms with Crippen LogP contribution < -0.4 is 15.8 Å². The number of rotatable bonds is 10. The summed E-state index contributed by atoms with van der Waals surface area (Å²) in [6.45, 7) is 5.96. The zero-order valence-electron chi connectivity index (χ0n) is 13.9. The van der Waals surface area contributed by atoms with Crippen LogP contribution in [0.3, 0.4) is 0 Å². The highest BCUT2D eigenvalue weighted by atomic mass is 35.5. The minimum Gasteiger partial charge on any atom is -0.492 e. The number of primary amides is 1. The summed E-state index contributed by atoms with van der Waals surface area (Å²) in [4.78, 5) is 13.0. The fourth-order valence-corrected chi connectivity index (χ4v) is 2.76. The summed E-state index contributed by atoms with van der Waals surface area (Å²) in [5.74, 6) is 0.499. The lowest BCUT2D eigenvalue weighted by Crippen LogP contribution is -2.38. The number of aryl methyl sites for hydroxylation is 1. The number of carbonyl (C=O) groups excluding carboxylic acids is 1. The first kappa shape index (κ1) is 19.0. The molecule has 1 heterocycles. The summed E-state index contributed by atoms with van der Waals surface area (Å²) in [5, 5.41) is 3.69. The van der Waals surface area contributed by atoms with Gasteiger partial charge in [0.1, 0.15) is 12.4 Å². The average Bonchev–Trinajstić information content (AvgIpc) is 2.57. The second-order valence-corrected chi connectivity index (χ2v) is 6.24. The number of nitrogens with one attached hydrogen (secondary N) is 1. The smallest absolute Gasteiger partial charge is 0.231 e. The van der Waals surface area contributed by atoms with Gasteiger partial charge in [-0.25, -0.2) is 0 Å². The van der Waals surface area contributed by atoms with Crippen LogP contribution in [-0.4, -0.2) is 63.4 Å². The van der Waals surface area contributed by atoms with Crippen molar-refractivity contribution in [1.29, 1.82) is 0 Å². The maximum atomic E-state index is 10.7. The second-order valence-electron chi connectivity index (χ2n) is 5.80. The van der Waals surface area contributed by atoms with E-state index in [1.165, 1.54) is 0 Å². The molecule has 0 bridgehead atoms. The van der Waals surface area contributed by atoms with E-state index in [9.17, 15) is 4.79 Å². The maximum Gasteiger partial charge on any atom is 0.231 e. The molecule has 1 amide bonds. The Kier molecular flexibility index (Phi) is 8.32. The van der Waals surface area contributed by atoms with Gasteiger partial charge in [-0.2, -0.15) is 0 Å². The summed E-state index contributed by atoms with van der Waals surface area (Å²) >= 11 is 6.09. The molecule has 0 saturated carbocycles.